The fourth-order valence-electron chi connectivity index (χ4n) is 0.733. The maximum atomic E-state index is 11.5. The molecule has 0 radical (unpaired) electrons. The van der Waals surface area contributed by atoms with E-state index >= 15 is 0 Å². The van der Waals surface area contributed by atoms with Crippen molar-refractivity contribution in [1.29, 1.82) is 0 Å². The van der Waals surface area contributed by atoms with Gasteiger partial charge in [0.15, 0.2) is 0 Å². The average molecular weight is 184 g/mol. The van der Waals surface area contributed by atoms with Crippen LogP contribution in [0.2, 0.25) is 0 Å². The normalized spacial score (nSPS) is 10.3. The molecule has 0 fully saturated rings. The molecule has 0 aliphatic carbocycles. The predicted octanol–water partition coefficient (Wildman–Crippen LogP) is 1.62. The van der Waals surface area contributed by atoms with Crippen molar-refractivity contribution in [1.82, 2.24) is 9.88 Å². The van der Waals surface area contributed by atoms with Gasteiger partial charge in [0.25, 0.3) is 5.91 Å². The molecule has 0 saturated carbocycles. The molecule has 0 atom stereocenters. The second kappa shape index (κ2) is 3.67. The number of aromatic nitrogens is 1. The highest BCUT2D eigenvalue weighted by Gasteiger charge is 2.15. The summed E-state index contributed by atoms with van der Waals surface area (Å²) in [5.41, 5.74) is 2.21. The zero-order valence-corrected chi connectivity index (χ0v) is 8.26. The smallest absolute Gasteiger partial charge is 0.273 e. The van der Waals surface area contributed by atoms with Gasteiger partial charge in [-0.15, -0.1) is 11.3 Å². The molecule has 66 valence electrons. The number of amides is 1. The van der Waals surface area contributed by atoms with Gasteiger partial charge < -0.3 is 4.90 Å². The van der Waals surface area contributed by atoms with Crippen LogP contribution >= 0.6 is 11.3 Å². The van der Waals surface area contributed by atoms with Crippen molar-refractivity contribution in [2.24, 2.45) is 0 Å². The van der Waals surface area contributed by atoms with E-state index in [1.165, 1.54) is 11.3 Å². The lowest BCUT2D eigenvalue weighted by molar-refractivity contribution is 0.0750. The molecular weight excluding hydrogens is 172 g/mol. The second-order valence-electron chi connectivity index (χ2n) is 2.88. The monoisotopic (exact) mass is 184 g/mol. The van der Waals surface area contributed by atoms with Gasteiger partial charge in [-0.05, 0) is 13.8 Å². The van der Waals surface area contributed by atoms with Crippen LogP contribution in [0.5, 0.6) is 0 Å². The van der Waals surface area contributed by atoms with E-state index in [-0.39, 0.29) is 11.9 Å². The zero-order chi connectivity index (χ0) is 9.14. The minimum absolute atomic E-state index is 0.00810. The third-order valence-electron chi connectivity index (χ3n) is 1.75. The molecule has 0 N–H and O–H groups in total. The first-order valence-electron chi connectivity index (χ1n) is 3.78. The molecule has 1 amide bonds. The van der Waals surface area contributed by atoms with Gasteiger partial charge in [-0.1, -0.05) is 0 Å². The van der Waals surface area contributed by atoms with Crippen molar-refractivity contribution in [2.45, 2.75) is 19.9 Å². The molecule has 0 unspecified atom stereocenters. The Morgan fingerprint density at radius 2 is 2.33 bits per heavy atom. The number of rotatable bonds is 2. The lowest BCUT2D eigenvalue weighted by atomic mass is 10.3. The Hall–Kier alpha value is -0.900. The van der Waals surface area contributed by atoms with Gasteiger partial charge in [0.1, 0.15) is 5.69 Å². The van der Waals surface area contributed by atoms with E-state index in [4.69, 9.17) is 0 Å². The Morgan fingerprint density at radius 1 is 1.67 bits per heavy atom. The van der Waals surface area contributed by atoms with Gasteiger partial charge in [-0.3, -0.25) is 4.79 Å². The molecule has 1 rings (SSSR count). The van der Waals surface area contributed by atoms with Gasteiger partial charge in [0.2, 0.25) is 0 Å². The molecule has 0 aliphatic heterocycles. The quantitative estimate of drug-likeness (QED) is 0.699. The van der Waals surface area contributed by atoms with E-state index < -0.39 is 0 Å². The standard InChI is InChI=1S/C8H12N2OS/c1-6(2)10(3)8(11)7-4-12-5-9-7/h4-6H,1-3H3. The molecule has 0 aliphatic rings. The summed E-state index contributed by atoms with van der Waals surface area (Å²) in [6.45, 7) is 3.95. The Balaban J connectivity index is 2.72. The van der Waals surface area contributed by atoms with Crippen LogP contribution in [0.3, 0.4) is 0 Å². The minimum Gasteiger partial charge on any atom is -0.338 e. The summed E-state index contributed by atoms with van der Waals surface area (Å²) in [6, 6.07) is 0.221. The highest BCUT2D eigenvalue weighted by molar-refractivity contribution is 7.07. The lowest BCUT2D eigenvalue weighted by Gasteiger charge is -2.19. The van der Waals surface area contributed by atoms with Gasteiger partial charge in [-0.25, -0.2) is 4.98 Å². The average Bonchev–Trinajstić information content (AvgIpc) is 2.53. The van der Waals surface area contributed by atoms with Crippen LogP contribution in [0.1, 0.15) is 24.3 Å². The third kappa shape index (κ3) is 1.82. The molecule has 1 aromatic rings. The van der Waals surface area contributed by atoms with Crippen molar-refractivity contribution in [3.63, 3.8) is 0 Å². The highest BCUT2D eigenvalue weighted by Crippen LogP contribution is 2.06. The first-order chi connectivity index (χ1) is 5.63. The molecule has 3 nitrogen and oxygen atoms in total. The van der Waals surface area contributed by atoms with Gasteiger partial charge >= 0.3 is 0 Å². The molecule has 0 spiro atoms. The zero-order valence-electron chi connectivity index (χ0n) is 7.44. The summed E-state index contributed by atoms with van der Waals surface area (Å²) in [7, 11) is 1.78. The fraction of sp³-hybridized carbons (Fsp3) is 0.500. The Morgan fingerprint density at radius 3 is 2.75 bits per heavy atom. The van der Waals surface area contributed by atoms with Gasteiger partial charge in [0.05, 0.1) is 5.51 Å². The van der Waals surface area contributed by atoms with Crippen molar-refractivity contribution in [3.8, 4) is 0 Å². The van der Waals surface area contributed by atoms with Crippen LogP contribution in [0.25, 0.3) is 0 Å². The van der Waals surface area contributed by atoms with Gasteiger partial charge in [0, 0.05) is 18.5 Å². The first-order valence-corrected chi connectivity index (χ1v) is 4.72. The largest absolute Gasteiger partial charge is 0.338 e. The molecule has 0 bridgehead atoms. The Labute approximate surface area is 76.0 Å². The van der Waals surface area contributed by atoms with Crippen LogP contribution in [0, 0.1) is 0 Å². The second-order valence-corrected chi connectivity index (χ2v) is 3.60. The third-order valence-corrected chi connectivity index (χ3v) is 2.33. The van der Waals surface area contributed by atoms with Gasteiger partial charge in [-0.2, -0.15) is 0 Å². The van der Waals surface area contributed by atoms with Crippen molar-refractivity contribution < 1.29 is 4.79 Å². The van der Waals surface area contributed by atoms with Crippen LogP contribution < -0.4 is 0 Å². The van der Waals surface area contributed by atoms with Crippen LogP contribution in [0.4, 0.5) is 0 Å². The lowest BCUT2D eigenvalue weighted by Crippen LogP contribution is -2.33. The van der Waals surface area contributed by atoms with E-state index in [1.807, 2.05) is 13.8 Å². The Bertz CT molecular complexity index is 256. The summed E-state index contributed by atoms with van der Waals surface area (Å²) in [6.07, 6.45) is 0. The molecule has 12 heavy (non-hydrogen) atoms. The molecule has 4 heteroatoms. The Kier molecular flexibility index (Phi) is 2.81. The minimum atomic E-state index is -0.00810. The highest BCUT2D eigenvalue weighted by atomic mass is 32.1. The summed E-state index contributed by atoms with van der Waals surface area (Å²) in [4.78, 5) is 17.1. The fourth-order valence-corrected chi connectivity index (χ4v) is 1.26. The molecular formula is C8H12N2OS. The summed E-state index contributed by atoms with van der Waals surface area (Å²) in [5, 5.41) is 1.77. The maximum Gasteiger partial charge on any atom is 0.273 e. The number of thiazole rings is 1. The number of hydrogen-bond acceptors (Lipinski definition) is 3. The molecule has 0 saturated heterocycles. The summed E-state index contributed by atoms with van der Waals surface area (Å²) < 4.78 is 0. The van der Waals surface area contributed by atoms with E-state index in [0.717, 1.165) is 0 Å². The number of hydrogen-bond donors (Lipinski definition) is 0. The van der Waals surface area contributed by atoms with Crippen molar-refractivity contribution in [2.75, 3.05) is 7.05 Å². The number of carbonyl (C=O) groups is 1. The van der Waals surface area contributed by atoms with Crippen molar-refractivity contribution >= 4 is 17.2 Å². The van der Waals surface area contributed by atoms with E-state index in [9.17, 15) is 4.79 Å². The molecule has 0 aromatic carbocycles. The predicted molar refractivity (Wildman–Crippen MR) is 49.3 cm³/mol. The molecule has 1 aromatic heterocycles. The summed E-state index contributed by atoms with van der Waals surface area (Å²) in [5.74, 6) is -0.00810. The first kappa shape index (κ1) is 9.19. The SMILES string of the molecule is CC(C)N(C)C(=O)c1cscn1. The van der Waals surface area contributed by atoms with Crippen LogP contribution in [-0.4, -0.2) is 28.9 Å². The molecule has 1 heterocycles. The summed E-state index contributed by atoms with van der Waals surface area (Å²) >= 11 is 1.44. The van der Waals surface area contributed by atoms with E-state index in [1.54, 1.807) is 22.8 Å². The van der Waals surface area contributed by atoms with E-state index in [0.29, 0.717) is 5.69 Å². The number of nitrogens with zero attached hydrogens (tertiary/aromatic N) is 2. The van der Waals surface area contributed by atoms with E-state index in [2.05, 4.69) is 4.98 Å². The maximum absolute atomic E-state index is 11.5. The van der Waals surface area contributed by atoms with Crippen LogP contribution in [0.15, 0.2) is 10.9 Å². The van der Waals surface area contributed by atoms with Crippen molar-refractivity contribution in [3.05, 3.63) is 16.6 Å². The number of carbonyl (C=O) groups excluding carboxylic acids is 1. The topological polar surface area (TPSA) is 33.2 Å². The van der Waals surface area contributed by atoms with Crippen LogP contribution in [-0.2, 0) is 0 Å².